The molecule has 1 fully saturated rings. The van der Waals surface area contributed by atoms with Crippen LogP contribution in [0, 0.1) is 13.8 Å². The molecule has 3 rings (SSSR count). The molecule has 1 aliphatic rings. The fourth-order valence-corrected chi connectivity index (χ4v) is 3.36. The molecule has 5 heteroatoms. The number of carbonyl (C=O) groups excluding carboxylic acids is 1. The van der Waals surface area contributed by atoms with Crippen LogP contribution in [0.15, 0.2) is 42.5 Å². The van der Waals surface area contributed by atoms with Gasteiger partial charge in [0.2, 0.25) is 0 Å². The Balaban J connectivity index is 1.54. The van der Waals surface area contributed by atoms with Gasteiger partial charge in [-0.3, -0.25) is 4.79 Å². The molecule has 0 spiro atoms. The van der Waals surface area contributed by atoms with E-state index in [0.717, 1.165) is 43.2 Å². The summed E-state index contributed by atoms with van der Waals surface area (Å²) in [4.78, 5) is 14.9. The lowest BCUT2D eigenvalue weighted by Gasteiger charge is -2.29. The third-order valence-electron chi connectivity index (χ3n) is 5.04. The molecule has 1 unspecified atom stereocenters. The Bertz CT molecular complexity index is 783. The smallest absolute Gasteiger partial charge is 0.261 e. The molecule has 1 saturated heterocycles. The minimum atomic E-state index is -0.492. The van der Waals surface area contributed by atoms with Crippen LogP contribution in [0.2, 0.25) is 0 Å². The molecule has 0 aliphatic carbocycles. The van der Waals surface area contributed by atoms with E-state index in [1.807, 2.05) is 32.9 Å². The van der Waals surface area contributed by atoms with E-state index < -0.39 is 6.10 Å². The third kappa shape index (κ3) is 5.26. The maximum atomic E-state index is 12.6. The second-order valence-electron chi connectivity index (χ2n) is 7.27. The first kappa shape index (κ1) is 20.2. The van der Waals surface area contributed by atoms with Crippen molar-refractivity contribution < 1.29 is 14.3 Å². The number of anilines is 1. The van der Waals surface area contributed by atoms with Crippen molar-refractivity contribution in [1.29, 1.82) is 0 Å². The zero-order valence-electron chi connectivity index (χ0n) is 17.0. The zero-order chi connectivity index (χ0) is 19.9. The van der Waals surface area contributed by atoms with E-state index in [1.54, 1.807) is 0 Å². The van der Waals surface area contributed by atoms with E-state index in [-0.39, 0.29) is 5.91 Å². The Kier molecular flexibility index (Phi) is 6.93. The van der Waals surface area contributed by atoms with Crippen molar-refractivity contribution in [1.82, 2.24) is 5.32 Å². The number of hydrogen-bond acceptors (Lipinski definition) is 4. The highest BCUT2D eigenvalue weighted by molar-refractivity contribution is 5.81. The van der Waals surface area contributed by atoms with E-state index in [0.29, 0.717) is 13.0 Å². The van der Waals surface area contributed by atoms with Gasteiger partial charge in [0, 0.05) is 25.3 Å². The first-order chi connectivity index (χ1) is 13.6. The fraction of sp³-hybridized carbons (Fsp3) is 0.435. The van der Waals surface area contributed by atoms with Crippen molar-refractivity contribution in [3.8, 4) is 5.75 Å². The molecular weight excluding hydrogens is 352 g/mol. The summed E-state index contributed by atoms with van der Waals surface area (Å²) < 4.78 is 11.4. The molecule has 2 aromatic carbocycles. The van der Waals surface area contributed by atoms with Crippen LogP contribution >= 0.6 is 0 Å². The van der Waals surface area contributed by atoms with Gasteiger partial charge in [0.05, 0.1) is 13.2 Å². The van der Waals surface area contributed by atoms with Gasteiger partial charge < -0.3 is 19.7 Å². The summed E-state index contributed by atoms with van der Waals surface area (Å²) in [6.07, 6.45) is 0.129. The van der Waals surface area contributed by atoms with Crippen molar-refractivity contribution in [3.05, 3.63) is 59.2 Å². The molecule has 0 saturated carbocycles. The molecule has 5 nitrogen and oxygen atoms in total. The van der Waals surface area contributed by atoms with Gasteiger partial charge in [0.15, 0.2) is 6.10 Å². The van der Waals surface area contributed by atoms with Crippen molar-refractivity contribution in [3.63, 3.8) is 0 Å². The van der Waals surface area contributed by atoms with Crippen molar-refractivity contribution in [2.24, 2.45) is 0 Å². The van der Waals surface area contributed by atoms with Gasteiger partial charge in [-0.25, -0.2) is 0 Å². The molecule has 0 radical (unpaired) electrons. The molecule has 0 bridgehead atoms. The molecule has 0 aromatic heterocycles. The van der Waals surface area contributed by atoms with Gasteiger partial charge in [-0.2, -0.15) is 0 Å². The molecule has 1 aliphatic heterocycles. The average Bonchev–Trinajstić information content (AvgIpc) is 2.72. The number of benzene rings is 2. The fourth-order valence-electron chi connectivity index (χ4n) is 3.36. The van der Waals surface area contributed by atoms with Crippen molar-refractivity contribution in [2.75, 3.05) is 31.2 Å². The highest BCUT2D eigenvalue weighted by atomic mass is 16.5. The summed E-state index contributed by atoms with van der Waals surface area (Å²) in [5.41, 5.74) is 4.50. The number of amides is 1. The summed E-state index contributed by atoms with van der Waals surface area (Å²) in [5, 5.41) is 3.00. The van der Waals surface area contributed by atoms with E-state index in [2.05, 4.69) is 40.5 Å². The van der Waals surface area contributed by atoms with Crippen LogP contribution < -0.4 is 15.0 Å². The quantitative estimate of drug-likeness (QED) is 0.795. The van der Waals surface area contributed by atoms with Gasteiger partial charge in [0.25, 0.3) is 5.91 Å². The van der Waals surface area contributed by atoms with Crippen molar-refractivity contribution in [2.45, 2.75) is 39.8 Å². The summed E-state index contributed by atoms with van der Waals surface area (Å²) in [7, 11) is 0. The number of aryl methyl sites for hydroxylation is 2. The number of morpholine rings is 1. The van der Waals surface area contributed by atoms with Gasteiger partial charge in [-0.15, -0.1) is 0 Å². The standard InChI is InChI=1S/C23H30N2O3/c1-4-21(28-22-10-5-17(2)15-18(22)3)23(26)24-16-19-6-8-20(9-7-19)25-11-13-27-14-12-25/h5-10,15,21H,4,11-14,16H2,1-3H3,(H,24,26). The summed E-state index contributed by atoms with van der Waals surface area (Å²) in [5.74, 6) is 0.683. The minimum Gasteiger partial charge on any atom is -0.480 e. The van der Waals surface area contributed by atoms with E-state index in [4.69, 9.17) is 9.47 Å². The van der Waals surface area contributed by atoms with Gasteiger partial charge in [-0.05, 0) is 49.6 Å². The second-order valence-corrected chi connectivity index (χ2v) is 7.27. The highest BCUT2D eigenvalue weighted by Crippen LogP contribution is 2.21. The monoisotopic (exact) mass is 382 g/mol. The Morgan fingerprint density at radius 3 is 2.50 bits per heavy atom. The van der Waals surface area contributed by atoms with Gasteiger partial charge in [0.1, 0.15) is 5.75 Å². The number of nitrogens with one attached hydrogen (secondary N) is 1. The largest absolute Gasteiger partial charge is 0.480 e. The predicted molar refractivity (Wildman–Crippen MR) is 112 cm³/mol. The number of hydrogen-bond donors (Lipinski definition) is 1. The van der Waals surface area contributed by atoms with Crippen LogP contribution in [0.4, 0.5) is 5.69 Å². The Labute approximate surface area is 167 Å². The average molecular weight is 383 g/mol. The lowest BCUT2D eigenvalue weighted by molar-refractivity contribution is -0.128. The van der Waals surface area contributed by atoms with Crippen LogP contribution in [-0.4, -0.2) is 38.3 Å². The van der Waals surface area contributed by atoms with E-state index in [9.17, 15) is 4.79 Å². The highest BCUT2D eigenvalue weighted by Gasteiger charge is 2.19. The van der Waals surface area contributed by atoms with Crippen LogP contribution in [0.5, 0.6) is 5.75 Å². The maximum absolute atomic E-state index is 12.6. The summed E-state index contributed by atoms with van der Waals surface area (Å²) >= 11 is 0. The topological polar surface area (TPSA) is 50.8 Å². The first-order valence-electron chi connectivity index (χ1n) is 10.00. The summed E-state index contributed by atoms with van der Waals surface area (Å²) in [6.45, 7) is 9.90. The molecule has 150 valence electrons. The Morgan fingerprint density at radius 1 is 1.14 bits per heavy atom. The first-order valence-corrected chi connectivity index (χ1v) is 10.00. The lowest BCUT2D eigenvalue weighted by atomic mass is 10.1. The van der Waals surface area contributed by atoms with Crippen LogP contribution in [0.25, 0.3) is 0 Å². The molecule has 1 amide bonds. The predicted octanol–water partition coefficient (Wildman–Crippen LogP) is 3.61. The summed E-state index contributed by atoms with van der Waals surface area (Å²) in [6, 6.07) is 14.4. The number of ether oxygens (including phenoxy) is 2. The SMILES string of the molecule is CCC(Oc1ccc(C)cc1C)C(=O)NCc1ccc(N2CCOCC2)cc1. The molecule has 1 atom stereocenters. The third-order valence-corrected chi connectivity index (χ3v) is 5.04. The van der Waals surface area contributed by atoms with E-state index >= 15 is 0 Å². The lowest BCUT2D eigenvalue weighted by Crippen LogP contribution is -2.37. The molecule has 1 N–H and O–H groups in total. The maximum Gasteiger partial charge on any atom is 0.261 e. The van der Waals surface area contributed by atoms with Crippen LogP contribution in [0.1, 0.15) is 30.0 Å². The number of nitrogens with zero attached hydrogens (tertiary/aromatic N) is 1. The number of rotatable bonds is 7. The van der Waals surface area contributed by atoms with Crippen LogP contribution in [0.3, 0.4) is 0 Å². The van der Waals surface area contributed by atoms with Crippen molar-refractivity contribution >= 4 is 11.6 Å². The molecule has 28 heavy (non-hydrogen) atoms. The van der Waals surface area contributed by atoms with E-state index in [1.165, 1.54) is 11.3 Å². The minimum absolute atomic E-state index is 0.0836. The molecular formula is C23H30N2O3. The Morgan fingerprint density at radius 2 is 1.86 bits per heavy atom. The normalized spacial score (nSPS) is 15.2. The zero-order valence-corrected chi connectivity index (χ0v) is 17.0. The molecule has 2 aromatic rings. The van der Waals surface area contributed by atoms with Gasteiger partial charge >= 0.3 is 0 Å². The number of carbonyl (C=O) groups is 1. The second kappa shape index (κ2) is 9.60. The van der Waals surface area contributed by atoms with Gasteiger partial charge in [-0.1, -0.05) is 36.8 Å². The Hall–Kier alpha value is -2.53. The molecule has 1 heterocycles. The van der Waals surface area contributed by atoms with Crippen LogP contribution in [-0.2, 0) is 16.1 Å².